The molecule has 0 saturated heterocycles. The lowest BCUT2D eigenvalue weighted by atomic mass is 10.00. The van der Waals surface area contributed by atoms with Gasteiger partial charge >= 0.3 is 12.1 Å². The molecule has 1 aromatic heterocycles. The Morgan fingerprint density at radius 1 is 1.03 bits per heavy atom. The topological polar surface area (TPSA) is 99.4 Å². The van der Waals surface area contributed by atoms with E-state index in [9.17, 15) is 9.59 Å². The Bertz CT molecular complexity index is 1160. The van der Waals surface area contributed by atoms with Crippen molar-refractivity contribution in [1.29, 1.82) is 0 Å². The number of allylic oxidation sites excluding steroid dienone is 2. The molecule has 32 heavy (non-hydrogen) atoms. The maximum Gasteiger partial charge on any atom is 0.420 e. The van der Waals surface area contributed by atoms with E-state index in [1.807, 2.05) is 42.5 Å². The molecule has 0 fully saturated rings. The summed E-state index contributed by atoms with van der Waals surface area (Å²) in [6.07, 6.45) is 4.66. The first-order valence-electron chi connectivity index (χ1n) is 9.94. The van der Waals surface area contributed by atoms with E-state index in [-0.39, 0.29) is 0 Å². The average molecular weight is 431 g/mol. The molecule has 9 nitrogen and oxygen atoms in total. The summed E-state index contributed by atoms with van der Waals surface area (Å²) in [5.41, 5.74) is 1.54. The number of ether oxygens (including phenoxy) is 2. The second-order valence-corrected chi connectivity index (χ2v) is 7.01. The largest absolute Gasteiger partial charge is 0.467 e. The molecule has 0 bridgehead atoms. The molecule has 2 heterocycles. The van der Waals surface area contributed by atoms with Gasteiger partial charge < -0.3 is 9.47 Å². The molecule has 0 spiro atoms. The van der Waals surface area contributed by atoms with Crippen molar-refractivity contribution in [1.82, 2.24) is 25.1 Å². The van der Waals surface area contributed by atoms with Crippen LogP contribution in [0.5, 0.6) is 5.75 Å². The third-order valence-electron chi connectivity index (χ3n) is 4.93. The Hall–Kier alpha value is -4.27. The van der Waals surface area contributed by atoms with Crippen molar-refractivity contribution in [3.63, 3.8) is 0 Å². The van der Waals surface area contributed by atoms with Gasteiger partial charge in [-0.05, 0) is 42.0 Å². The fraction of sp³-hybridized carbons (Fsp3) is 0.174. The molecule has 9 heteroatoms. The summed E-state index contributed by atoms with van der Waals surface area (Å²) in [6.45, 7) is 1.62. The lowest BCUT2D eigenvalue weighted by molar-refractivity contribution is -0.144. The third kappa shape index (κ3) is 4.41. The number of esters is 1. The van der Waals surface area contributed by atoms with Crippen LogP contribution in [0.3, 0.4) is 0 Å². The van der Waals surface area contributed by atoms with Crippen LogP contribution in [0.1, 0.15) is 30.4 Å². The molecule has 4 rings (SSSR count). The molecule has 2 unspecified atom stereocenters. The molecule has 0 radical (unpaired) electrons. The van der Waals surface area contributed by atoms with Crippen LogP contribution >= 0.6 is 0 Å². The Morgan fingerprint density at radius 2 is 1.72 bits per heavy atom. The minimum atomic E-state index is -0.711. The van der Waals surface area contributed by atoms with Gasteiger partial charge in [-0.15, -0.1) is 15.0 Å². The number of benzene rings is 2. The van der Waals surface area contributed by atoms with E-state index in [0.29, 0.717) is 17.1 Å². The summed E-state index contributed by atoms with van der Waals surface area (Å²) in [6, 6.07) is 17.3. The molecule has 1 amide bonds. The number of hydrogen-bond acceptors (Lipinski definition) is 7. The molecule has 0 aliphatic carbocycles. The van der Waals surface area contributed by atoms with Crippen LogP contribution in [-0.4, -0.2) is 44.3 Å². The van der Waals surface area contributed by atoms with Crippen LogP contribution in [0.15, 0.2) is 79.0 Å². The normalized spacial score (nSPS) is 16.2. The van der Waals surface area contributed by atoms with Gasteiger partial charge in [-0.3, -0.25) is 4.90 Å². The van der Waals surface area contributed by atoms with Gasteiger partial charge in [-0.1, -0.05) is 48.5 Å². The van der Waals surface area contributed by atoms with Crippen molar-refractivity contribution < 1.29 is 19.1 Å². The number of carbonyl (C=O) groups excluding carboxylic acids is 2. The maximum absolute atomic E-state index is 12.9. The van der Waals surface area contributed by atoms with Crippen molar-refractivity contribution in [3.8, 4) is 5.75 Å². The van der Waals surface area contributed by atoms with Gasteiger partial charge in [0.2, 0.25) is 5.82 Å². The maximum atomic E-state index is 12.9. The number of hydrogen-bond donors (Lipinski definition) is 0. The second-order valence-electron chi connectivity index (χ2n) is 7.01. The van der Waals surface area contributed by atoms with Crippen LogP contribution in [-0.2, 0) is 9.53 Å². The molecular weight excluding hydrogens is 410 g/mol. The number of carbonyl (C=O) groups is 2. The second kappa shape index (κ2) is 9.25. The van der Waals surface area contributed by atoms with Crippen LogP contribution in [0, 0.1) is 0 Å². The third-order valence-corrected chi connectivity index (χ3v) is 4.93. The van der Waals surface area contributed by atoms with Gasteiger partial charge in [0.1, 0.15) is 5.75 Å². The molecule has 1 aliphatic heterocycles. The quantitative estimate of drug-likeness (QED) is 0.570. The zero-order valence-electron chi connectivity index (χ0n) is 17.5. The van der Waals surface area contributed by atoms with E-state index in [4.69, 9.17) is 9.47 Å². The highest BCUT2D eigenvalue weighted by molar-refractivity contribution is 5.78. The summed E-state index contributed by atoms with van der Waals surface area (Å²) in [5, 5.41) is 12.3. The first-order valence-corrected chi connectivity index (χ1v) is 9.94. The SMILES string of the molecule is COC(=O)C(C)n1nnc(C2=CC(c3ccccc3)N(C(=O)Oc3ccccc3)C=C2)n1. The van der Waals surface area contributed by atoms with Gasteiger partial charge in [0.05, 0.1) is 13.2 Å². The van der Waals surface area contributed by atoms with Crippen molar-refractivity contribution >= 4 is 17.6 Å². The first kappa shape index (κ1) is 21.0. The van der Waals surface area contributed by atoms with Gasteiger partial charge in [0.15, 0.2) is 6.04 Å². The van der Waals surface area contributed by atoms with Crippen LogP contribution in [0.4, 0.5) is 4.79 Å². The van der Waals surface area contributed by atoms with Crippen molar-refractivity contribution in [2.75, 3.05) is 7.11 Å². The fourth-order valence-electron chi connectivity index (χ4n) is 3.20. The van der Waals surface area contributed by atoms with E-state index in [0.717, 1.165) is 5.56 Å². The number of aromatic nitrogens is 4. The van der Waals surface area contributed by atoms with E-state index >= 15 is 0 Å². The van der Waals surface area contributed by atoms with Crippen molar-refractivity contribution in [3.05, 3.63) is 90.4 Å². The Labute approximate surface area is 184 Å². The highest BCUT2D eigenvalue weighted by Crippen LogP contribution is 2.31. The molecular formula is C23H21N5O4. The Morgan fingerprint density at radius 3 is 2.41 bits per heavy atom. The number of methoxy groups -OCH3 is 1. The first-order chi connectivity index (χ1) is 15.6. The lowest BCUT2D eigenvalue weighted by Gasteiger charge is -2.29. The average Bonchev–Trinajstić information content (AvgIpc) is 3.34. The van der Waals surface area contributed by atoms with Gasteiger partial charge in [-0.2, -0.15) is 0 Å². The standard InChI is InChI=1S/C23H21N5O4/c1-16(22(29)31-2)28-25-21(24-26-28)18-13-14-27(20(15-18)17-9-5-3-6-10-17)23(30)32-19-11-7-4-8-12-19/h3-16,20H,1-2H3. The molecule has 2 aromatic carbocycles. The minimum absolute atomic E-state index is 0.328. The number of para-hydroxylation sites is 1. The monoisotopic (exact) mass is 431 g/mol. The summed E-state index contributed by atoms with van der Waals surface area (Å²) < 4.78 is 10.3. The number of amides is 1. The summed E-state index contributed by atoms with van der Waals surface area (Å²) in [5.74, 6) is 0.307. The Kier molecular flexibility index (Phi) is 6.07. The predicted molar refractivity (Wildman–Crippen MR) is 115 cm³/mol. The molecule has 0 N–H and O–H groups in total. The highest BCUT2D eigenvalue weighted by Gasteiger charge is 2.28. The summed E-state index contributed by atoms with van der Waals surface area (Å²) in [7, 11) is 1.30. The smallest absolute Gasteiger partial charge is 0.420 e. The van der Waals surface area contributed by atoms with Crippen LogP contribution in [0.25, 0.3) is 5.57 Å². The van der Waals surface area contributed by atoms with Gasteiger partial charge in [-0.25, -0.2) is 9.59 Å². The molecule has 162 valence electrons. The zero-order chi connectivity index (χ0) is 22.5. The Balaban J connectivity index is 1.63. The molecule has 0 saturated carbocycles. The van der Waals surface area contributed by atoms with E-state index in [2.05, 4.69) is 15.4 Å². The van der Waals surface area contributed by atoms with Gasteiger partial charge in [0, 0.05) is 11.8 Å². The minimum Gasteiger partial charge on any atom is -0.467 e. The van der Waals surface area contributed by atoms with Crippen LogP contribution in [0.2, 0.25) is 0 Å². The van der Waals surface area contributed by atoms with Crippen molar-refractivity contribution in [2.45, 2.75) is 19.0 Å². The van der Waals surface area contributed by atoms with Crippen molar-refractivity contribution in [2.24, 2.45) is 0 Å². The summed E-state index contributed by atoms with van der Waals surface area (Å²) in [4.78, 5) is 27.4. The number of tetrazole rings is 1. The van der Waals surface area contributed by atoms with E-state index in [1.165, 1.54) is 16.8 Å². The van der Waals surface area contributed by atoms with Crippen LogP contribution < -0.4 is 4.74 Å². The van der Waals surface area contributed by atoms with Gasteiger partial charge in [0.25, 0.3) is 0 Å². The molecule has 3 aromatic rings. The fourth-order valence-corrected chi connectivity index (χ4v) is 3.20. The number of rotatable bonds is 5. The number of nitrogens with zero attached hydrogens (tertiary/aromatic N) is 5. The summed E-state index contributed by atoms with van der Waals surface area (Å²) >= 11 is 0. The zero-order valence-corrected chi connectivity index (χ0v) is 17.5. The molecule has 1 aliphatic rings. The highest BCUT2D eigenvalue weighted by atomic mass is 16.6. The lowest BCUT2D eigenvalue weighted by Crippen LogP contribution is -2.33. The van der Waals surface area contributed by atoms with E-state index < -0.39 is 24.1 Å². The van der Waals surface area contributed by atoms with E-state index in [1.54, 1.807) is 43.5 Å². The predicted octanol–water partition coefficient (Wildman–Crippen LogP) is 3.56. The molecule has 2 atom stereocenters.